The molecule has 0 fully saturated rings. The Labute approximate surface area is 336 Å². The third-order valence-corrected chi connectivity index (χ3v) is 11.1. The van der Waals surface area contributed by atoms with Gasteiger partial charge in [-0.05, 0) is 118 Å². The van der Waals surface area contributed by atoms with Gasteiger partial charge in [-0.25, -0.2) is 18.1 Å². The average Bonchev–Trinajstić information content (AvgIpc) is 3.89. The van der Waals surface area contributed by atoms with Gasteiger partial charge in [-0.3, -0.25) is 0 Å². The smallest absolute Gasteiger partial charge is 0.131 e. The van der Waals surface area contributed by atoms with Crippen molar-refractivity contribution in [1.82, 2.24) is 19.6 Å². The van der Waals surface area contributed by atoms with Gasteiger partial charge in [0, 0.05) is 40.2 Å². The molecule has 0 saturated heterocycles. The van der Waals surface area contributed by atoms with Crippen molar-refractivity contribution in [3.05, 3.63) is 149 Å². The van der Waals surface area contributed by atoms with Crippen LogP contribution < -0.4 is 4.74 Å². The molecule has 0 aliphatic carbocycles. The molecular formula is C50H52F2N4O. The molecule has 2 aromatic heterocycles. The van der Waals surface area contributed by atoms with Gasteiger partial charge in [-0.2, -0.15) is 10.2 Å². The Bertz CT molecular complexity index is 2520. The number of hydrogen-bond acceptors (Lipinski definition) is 3. The zero-order chi connectivity index (χ0) is 40.7. The molecule has 0 aliphatic heterocycles. The van der Waals surface area contributed by atoms with Crippen molar-refractivity contribution in [2.75, 3.05) is 7.11 Å². The fourth-order valence-corrected chi connectivity index (χ4v) is 8.12. The molecule has 7 heteroatoms. The van der Waals surface area contributed by atoms with Crippen LogP contribution in [-0.4, -0.2) is 26.7 Å². The average molecular weight is 763 g/mol. The van der Waals surface area contributed by atoms with Crippen LogP contribution >= 0.6 is 0 Å². The number of rotatable bonds is 11. The topological polar surface area (TPSA) is 44.9 Å². The van der Waals surface area contributed by atoms with E-state index < -0.39 is 11.6 Å². The lowest BCUT2D eigenvalue weighted by atomic mass is 9.86. The molecule has 0 unspecified atom stereocenters. The van der Waals surface area contributed by atoms with E-state index in [1.807, 2.05) is 43.8 Å². The van der Waals surface area contributed by atoms with Gasteiger partial charge in [0.15, 0.2) is 0 Å². The molecule has 0 spiro atoms. The summed E-state index contributed by atoms with van der Waals surface area (Å²) in [6.07, 6.45) is 7.77. The monoisotopic (exact) mass is 762 g/mol. The molecule has 292 valence electrons. The summed E-state index contributed by atoms with van der Waals surface area (Å²) in [5.74, 6) is 0.819. The van der Waals surface area contributed by atoms with E-state index >= 15 is 8.78 Å². The number of aryl methyl sites for hydroxylation is 1. The zero-order valence-corrected chi connectivity index (χ0v) is 34.7. The molecule has 7 rings (SSSR count). The molecule has 5 nitrogen and oxygen atoms in total. The predicted molar refractivity (Wildman–Crippen MR) is 230 cm³/mol. The van der Waals surface area contributed by atoms with Gasteiger partial charge in [0.1, 0.15) is 17.4 Å². The van der Waals surface area contributed by atoms with E-state index in [1.54, 1.807) is 40.7 Å². The van der Waals surface area contributed by atoms with Crippen LogP contribution in [0, 0.1) is 18.6 Å². The minimum Gasteiger partial charge on any atom is -0.496 e. The summed E-state index contributed by atoms with van der Waals surface area (Å²) in [7, 11) is 1.55. The molecular weight excluding hydrogens is 711 g/mol. The van der Waals surface area contributed by atoms with Gasteiger partial charge < -0.3 is 4.74 Å². The van der Waals surface area contributed by atoms with E-state index in [9.17, 15) is 0 Å². The maximum absolute atomic E-state index is 16.3. The second-order valence-corrected chi connectivity index (χ2v) is 16.3. The lowest BCUT2D eigenvalue weighted by Crippen LogP contribution is -2.02. The van der Waals surface area contributed by atoms with Crippen LogP contribution in [0.4, 0.5) is 8.78 Å². The van der Waals surface area contributed by atoms with Gasteiger partial charge in [0.05, 0.1) is 30.9 Å². The van der Waals surface area contributed by atoms with Crippen LogP contribution in [0.15, 0.2) is 110 Å². The highest BCUT2D eigenvalue weighted by atomic mass is 19.1. The second kappa shape index (κ2) is 16.0. The van der Waals surface area contributed by atoms with E-state index in [0.717, 1.165) is 16.7 Å². The summed E-state index contributed by atoms with van der Waals surface area (Å²) in [6, 6.07) is 26.5. The third kappa shape index (κ3) is 7.43. The number of benzene rings is 5. The number of nitrogens with zero attached hydrogens (tertiary/aromatic N) is 4. The molecule has 7 aromatic rings. The molecule has 2 heterocycles. The first-order valence-electron chi connectivity index (χ1n) is 19.9. The van der Waals surface area contributed by atoms with E-state index in [2.05, 4.69) is 91.8 Å². The van der Waals surface area contributed by atoms with E-state index in [0.29, 0.717) is 57.5 Å². The first kappa shape index (κ1) is 39.4. The zero-order valence-electron chi connectivity index (χ0n) is 34.7. The molecule has 57 heavy (non-hydrogen) atoms. The van der Waals surface area contributed by atoms with Gasteiger partial charge in [-0.15, -0.1) is 0 Å². The first-order chi connectivity index (χ1) is 27.3. The van der Waals surface area contributed by atoms with E-state index in [4.69, 9.17) is 14.9 Å². The molecule has 0 bridgehead atoms. The Morgan fingerprint density at radius 2 is 0.912 bits per heavy atom. The molecule has 0 atom stereocenters. The molecule has 0 aliphatic rings. The fourth-order valence-electron chi connectivity index (χ4n) is 8.12. The number of aromatic nitrogens is 4. The Balaban J connectivity index is 1.34. The molecule has 0 N–H and O–H groups in total. The van der Waals surface area contributed by atoms with Crippen LogP contribution in [0.2, 0.25) is 0 Å². The van der Waals surface area contributed by atoms with Crippen LogP contribution in [0.5, 0.6) is 5.75 Å². The van der Waals surface area contributed by atoms with Crippen LogP contribution in [0.25, 0.3) is 55.9 Å². The van der Waals surface area contributed by atoms with Gasteiger partial charge >= 0.3 is 0 Å². The normalized spacial score (nSPS) is 11.8. The largest absolute Gasteiger partial charge is 0.496 e. The van der Waals surface area contributed by atoms with Gasteiger partial charge in [0.2, 0.25) is 0 Å². The maximum atomic E-state index is 16.3. The Morgan fingerprint density at radius 3 is 1.30 bits per heavy atom. The summed E-state index contributed by atoms with van der Waals surface area (Å²) >= 11 is 0. The fraction of sp³-hybridized carbons (Fsp3) is 0.280. The number of hydrogen-bond donors (Lipinski definition) is 0. The van der Waals surface area contributed by atoms with Crippen LogP contribution in [-0.2, 0) is 0 Å². The highest BCUT2D eigenvalue weighted by molar-refractivity contribution is 5.91. The maximum Gasteiger partial charge on any atom is 0.131 e. The number of ether oxygens (including phenoxy) is 1. The number of halogens is 2. The standard InChI is InChI=1S/C50H52F2N4O/c1-29(2)38-13-11-14-39(30(3)4)48(38)34-25-53-55(27-34)36-18-20-44(51)42(23-36)47-33(9)17-22-46(57-10)50(47)43-24-37(19-21-45(43)52)56-28-35(26-54-56)49-40(31(5)6)15-12-16-41(49)32(7)8/h11-32H,1-10H3. The summed E-state index contributed by atoms with van der Waals surface area (Å²) in [5.41, 5.74) is 13.1. The highest BCUT2D eigenvalue weighted by Gasteiger charge is 2.24. The van der Waals surface area contributed by atoms with Crippen molar-refractivity contribution in [2.45, 2.75) is 86.0 Å². The third-order valence-electron chi connectivity index (χ3n) is 11.1. The number of methoxy groups -OCH3 is 1. The van der Waals surface area contributed by atoms with Crippen molar-refractivity contribution in [3.8, 4) is 61.6 Å². The minimum absolute atomic E-state index is 0.281. The molecule has 0 saturated carbocycles. The van der Waals surface area contributed by atoms with Crippen molar-refractivity contribution in [3.63, 3.8) is 0 Å². The lowest BCUT2D eigenvalue weighted by Gasteiger charge is -2.20. The summed E-state index contributed by atoms with van der Waals surface area (Å²) in [5, 5.41) is 9.55. The SMILES string of the molecule is COc1ccc(C)c(-c2cc(-n3cc(-c4c(C(C)C)cccc4C(C)C)cn3)ccc2F)c1-c1cc(-n2cc(-c3c(C(C)C)cccc3C(C)C)cn2)ccc1F. The molecule has 0 radical (unpaired) electrons. The van der Waals surface area contributed by atoms with E-state index in [-0.39, 0.29) is 5.56 Å². The van der Waals surface area contributed by atoms with Gasteiger partial charge in [0.25, 0.3) is 0 Å². The highest BCUT2D eigenvalue weighted by Crippen LogP contribution is 2.45. The summed E-state index contributed by atoms with van der Waals surface area (Å²) in [6.45, 7) is 19.5. The summed E-state index contributed by atoms with van der Waals surface area (Å²) < 4.78 is 42.0. The van der Waals surface area contributed by atoms with Crippen LogP contribution in [0.1, 0.15) is 107 Å². The minimum atomic E-state index is -0.457. The molecule has 5 aromatic carbocycles. The van der Waals surface area contributed by atoms with Crippen molar-refractivity contribution in [1.29, 1.82) is 0 Å². The van der Waals surface area contributed by atoms with Crippen LogP contribution in [0.3, 0.4) is 0 Å². The summed E-state index contributed by atoms with van der Waals surface area (Å²) in [4.78, 5) is 0. The van der Waals surface area contributed by atoms with Crippen molar-refractivity contribution in [2.24, 2.45) is 0 Å². The Morgan fingerprint density at radius 1 is 0.509 bits per heavy atom. The Hall–Kier alpha value is -5.82. The second-order valence-electron chi connectivity index (χ2n) is 16.3. The van der Waals surface area contributed by atoms with Crippen molar-refractivity contribution < 1.29 is 13.5 Å². The first-order valence-corrected chi connectivity index (χ1v) is 19.9. The van der Waals surface area contributed by atoms with Crippen molar-refractivity contribution >= 4 is 0 Å². The quantitative estimate of drug-likeness (QED) is 0.132. The predicted octanol–water partition coefficient (Wildman–Crippen LogP) is 13.8. The van der Waals surface area contributed by atoms with Gasteiger partial charge in [-0.1, -0.05) is 97.9 Å². The molecule has 0 amide bonds. The Kier molecular flexibility index (Phi) is 11.0. The lowest BCUT2D eigenvalue weighted by molar-refractivity contribution is 0.416. The van der Waals surface area contributed by atoms with E-state index in [1.165, 1.54) is 45.5 Å².